The van der Waals surface area contributed by atoms with Gasteiger partial charge in [0, 0.05) is 54.1 Å². The van der Waals surface area contributed by atoms with E-state index in [4.69, 9.17) is 23.7 Å². The largest absolute Gasteiger partial charge is 0.503 e. The second-order valence-corrected chi connectivity index (χ2v) is 18.3. The monoisotopic (exact) mass is 972 g/mol. The van der Waals surface area contributed by atoms with Crippen molar-refractivity contribution >= 4 is 53.0 Å². The van der Waals surface area contributed by atoms with E-state index in [0.29, 0.717) is 0 Å². The minimum absolute atomic E-state index is 0.0603. The van der Waals surface area contributed by atoms with E-state index < -0.39 is 53.5 Å². The topological polar surface area (TPSA) is 178 Å². The fourth-order valence-corrected chi connectivity index (χ4v) is 9.22. The van der Waals surface area contributed by atoms with E-state index in [9.17, 15) is 29.1 Å². The maximum atomic E-state index is 13.0. The molecule has 6 aromatic rings. The highest BCUT2D eigenvalue weighted by molar-refractivity contribution is 7.99. The average molecular weight is 973 g/mol. The Balaban J connectivity index is 0.000000258. The molecule has 2 aromatic heterocycles. The van der Waals surface area contributed by atoms with E-state index in [0.717, 1.165) is 20.9 Å². The van der Waals surface area contributed by atoms with E-state index >= 15 is 0 Å². The number of nitrogens with zero attached hydrogens (tertiary/aromatic N) is 2. The number of thioether (sulfide) groups is 2. The third kappa shape index (κ3) is 15.5. The van der Waals surface area contributed by atoms with Crippen LogP contribution in [0.5, 0.6) is 23.0 Å². The molecule has 1 N–H and O–H groups in total. The first-order chi connectivity index (χ1) is 33.2. The zero-order valence-corrected chi connectivity index (χ0v) is 41.1. The zero-order valence-electron chi connectivity index (χ0n) is 39.5. The molecule has 69 heavy (non-hydrogen) atoms. The molecule has 15 heteroatoms. The van der Waals surface area contributed by atoms with Crippen LogP contribution in [0.4, 0.5) is 0 Å². The summed E-state index contributed by atoms with van der Waals surface area (Å²) >= 11 is 3.23. The van der Waals surface area contributed by atoms with Gasteiger partial charge in [0.05, 0.1) is 36.6 Å². The highest BCUT2D eigenvalue weighted by Crippen LogP contribution is 2.41. The summed E-state index contributed by atoms with van der Waals surface area (Å²) in [7, 11) is 2.79. The molecule has 0 bridgehead atoms. The first-order valence-corrected chi connectivity index (χ1v) is 23.9. The van der Waals surface area contributed by atoms with Crippen molar-refractivity contribution in [3.63, 3.8) is 0 Å². The second kappa shape index (κ2) is 26.5. The predicted octanol–water partition coefficient (Wildman–Crippen LogP) is 11.2. The average Bonchev–Trinajstić information content (AvgIpc) is 3.35. The second-order valence-electron chi connectivity index (χ2n) is 15.9. The Morgan fingerprint density at radius 3 is 1.32 bits per heavy atom. The van der Waals surface area contributed by atoms with Crippen LogP contribution in [0.25, 0.3) is 0 Å². The maximum absolute atomic E-state index is 13.0. The number of carbonyl (C=O) groups is 5. The Morgan fingerprint density at radius 1 is 0.536 bits per heavy atom. The summed E-state index contributed by atoms with van der Waals surface area (Å²) in [6.07, 6.45) is 1.56. The standard InChI is InChI=1S/C28H29NO6S.C26H27NO5S/c1-18(17-23(31)25-26(35-20(3)30)24(33-4)15-16-29-25)28(32)34-19(2)27(21-11-7-5-8-12-21)36-22-13-9-6-10-14-22;1-17(16-21(28)23-24(29)22(31-3)14-15-27-23)26(30)32-18(2)25(19-10-6-4-7-11-19)33-20-12-8-5-9-13-20/h5-16,18-19,27H,17H2,1-4H3;4-15,17-18,25,29H,16H2,1-3H3/t18-,19+,27+;17-,18+,25+/m11/s1. The summed E-state index contributed by atoms with van der Waals surface area (Å²) in [5.74, 6) is -3.98. The van der Waals surface area contributed by atoms with E-state index in [2.05, 4.69) is 9.97 Å². The van der Waals surface area contributed by atoms with Gasteiger partial charge in [-0.05, 0) is 49.2 Å². The van der Waals surface area contributed by atoms with Crippen molar-refractivity contribution in [1.82, 2.24) is 9.97 Å². The molecule has 0 aliphatic rings. The molecular formula is C54H56N2O11S2. The number of Topliss-reactive ketones (excluding diaryl/α,β-unsaturated/α-hetero) is 2. The fourth-order valence-electron chi connectivity index (χ4n) is 6.92. The molecule has 13 nitrogen and oxygen atoms in total. The number of rotatable bonds is 21. The number of hydrogen-bond acceptors (Lipinski definition) is 15. The molecule has 6 rings (SSSR count). The highest BCUT2D eigenvalue weighted by atomic mass is 32.2. The number of pyridine rings is 2. The quantitative estimate of drug-likeness (QED) is 0.0409. The Morgan fingerprint density at radius 2 is 0.913 bits per heavy atom. The summed E-state index contributed by atoms with van der Waals surface area (Å²) in [6.45, 7) is 8.18. The lowest BCUT2D eigenvalue weighted by Crippen LogP contribution is -2.26. The predicted molar refractivity (Wildman–Crippen MR) is 265 cm³/mol. The maximum Gasteiger partial charge on any atom is 0.309 e. The molecule has 4 aromatic carbocycles. The zero-order chi connectivity index (χ0) is 49.9. The van der Waals surface area contributed by atoms with Gasteiger partial charge in [-0.3, -0.25) is 24.0 Å². The molecule has 0 aliphatic carbocycles. The van der Waals surface area contributed by atoms with Gasteiger partial charge in [0.2, 0.25) is 5.75 Å². The van der Waals surface area contributed by atoms with Gasteiger partial charge in [-0.2, -0.15) is 0 Å². The Kier molecular flexibility index (Phi) is 20.4. The molecule has 0 unspecified atom stereocenters. The van der Waals surface area contributed by atoms with E-state index in [1.807, 2.05) is 135 Å². The first-order valence-electron chi connectivity index (χ1n) is 22.1. The molecule has 0 amide bonds. The minimum atomic E-state index is -0.740. The molecule has 360 valence electrons. The fraction of sp³-hybridized carbons (Fsp3) is 0.278. The molecular weight excluding hydrogens is 917 g/mol. The molecule has 0 fully saturated rings. The number of carbonyl (C=O) groups excluding carboxylic acids is 5. The number of benzene rings is 4. The lowest BCUT2D eigenvalue weighted by Gasteiger charge is -2.25. The molecule has 2 heterocycles. The van der Waals surface area contributed by atoms with Gasteiger partial charge in [-0.1, -0.05) is 111 Å². The van der Waals surface area contributed by atoms with Gasteiger partial charge in [-0.15, -0.1) is 23.5 Å². The lowest BCUT2D eigenvalue weighted by molar-refractivity contribution is -0.153. The van der Waals surface area contributed by atoms with Crippen LogP contribution in [-0.2, 0) is 23.9 Å². The van der Waals surface area contributed by atoms with Crippen LogP contribution in [0.1, 0.15) is 90.1 Å². The van der Waals surface area contributed by atoms with Crippen molar-refractivity contribution in [2.45, 2.75) is 80.0 Å². The van der Waals surface area contributed by atoms with Crippen LogP contribution in [0.15, 0.2) is 156 Å². The van der Waals surface area contributed by atoms with E-state index in [1.165, 1.54) is 45.7 Å². The summed E-state index contributed by atoms with van der Waals surface area (Å²) in [5, 5.41) is 9.90. The molecule has 0 aliphatic heterocycles. The molecule has 0 saturated heterocycles. The van der Waals surface area contributed by atoms with Crippen molar-refractivity contribution in [3.05, 3.63) is 168 Å². The lowest BCUT2D eigenvalue weighted by atomic mass is 10.0. The third-order valence-electron chi connectivity index (χ3n) is 10.5. The number of aromatic nitrogens is 2. The third-order valence-corrected chi connectivity index (χ3v) is 13.4. The van der Waals surface area contributed by atoms with Crippen molar-refractivity contribution in [2.24, 2.45) is 11.8 Å². The number of ether oxygens (including phenoxy) is 5. The number of esters is 3. The van der Waals surface area contributed by atoms with Crippen molar-refractivity contribution < 1.29 is 52.8 Å². The Bertz CT molecular complexity index is 2620. The summed E-state index contributed by atoms with van der Waals surface area (Å²) in [4.78, 5) is 73.1. The van der Waals surface area contributed by atoms with Crippen molar-refractivity contribution in [2.75, 3.05) is 14.2 Å². The summed E-state index contributed by atoms with van der Waals surface area (Å²) < 4.78 is 27.0. The van der Waals surface area contributed by atoms with Crippen molar-refractivity contribution in [3.8, 4) is 23.0 Å². The van der Waals surface area contributed by atoms with Gasteiger partial charge in [0.15, 0.2) is 40.2 Å². The first kappa shape index (κ1) is 53.0. The van der Waals surface area contributed by atoms with E-state index in [-0.39, 0.29) is 57.7 Å². The van der Waals surface area contributed by atoms with Crippen LogP contribution < -0.4 is 14.2 Å². The molecule has 0 radical (unpaired) electrons. The van der Waals surface area contributed by atoms with Crippen LogP contribution in [0.3, 0.4) is 0 Å². The van der Waals surface area contributed by atoms with Gasteiger partial charge >= 0.3 is 17.9 Å². The van der Waals surface area contributed by atoms with Gasteiger partial charge in [-0.25, -0.2) is 9.97 Å². The van der Waals surface area contributed by atoms with Gasteiger partial charge in [0.1, 0.15) is 12.2 Å². The normalized spacial score (nSPS) is 13.4. The van der Waals surface area contributed by atoms with Crippen LogP contribution >= 0.6 is 23.5 Å². The van der Waals surface area contributed by atoms with Gasteiger partial charge < -0.3 is 28.8 Å². The molecule has 0 saturated carbocycles. The smallest absolute Gasteiger partial charge is 0.309 e. The number of aromatic hydroxyl groups is 1. The van der Waals surface area contributed by atoms with Gasteiger partial charge in [0.25, 0.3) is 0 Å². The van der Waals surface area contributed by atoms with Crippen molar-refractivity contribution in [1.29, 1.82) is 0 Å². The van der Waals surface area contributed by atoms with Crippen LogP contribution in [-0.4, -0.2) is 71.0 Å². The SMILES string of the molecule is COc1ccnc(C(=O)C[C@@H](C)C(=O)O[C@@H](C)[C@H](Sc2ccccc2)c2ccccc2)c1O.COc1ccnc(C(=O)C[C@@H](C)C(=O)O[C@@H](C)[C@H](Sc2ccccc2)c2ccccc2)c1OC(C)=O. The number of methoxy groups -OCH3 is 2. The Hall–Kier alpha value is -6.97. The number of ketones is 2. The summed E-state index contributed by atoms with van der Waals surface area (Å²) in [6, 6.07) is 42.5. The van der Waals surface area contributed by atoms with Crippen LogP contribution in [0, 0.1) is 11.8 Å². The Labute approximate surface area is 411 Å². The molecule has 6 atom stereocenters. The van der Waals surface area contributed by atoms with Crippen LogP contribution in [0.2, 0.25) is 0 Å². The number of hydrogen-bond donors (Lipinski definition) is 1. The minimum Gasteiger partial charge on any atom is -0.503 e. The highest BCUT2D eigenvalue weighted by Gasteiger charge is 2.31. The summed E-state index contributed by atoms with van der Waals surface area (Å²) in [5.41, 5.74) is 1.88. The van der Waals surface area contributed by atoms with E-state index in [1.54, 1.807) is 37.4 Å². The molecule has 0 spiro atoms.